The Kier molecular flexibility index (Phi) is 4.32. The second-order valence-electron chi connectivity index (χ2n) is 4.35. The lowest BCUT2D eigenvalue weighted by molar-refractivity contribution is -0.384. The lowest BCUT2D eigenvalue weighted by Gasteiger charge is -2.32. The minimum Gasteiger partial charge on any atom is -0.313 e. The van der Waals surface area contributed by atoms with Gasteiger partial charge in [0.2, 0.25) is 0 Å². The highest BCUT2D eigenvalue weighted by atomic mass is 35.5. The van der Waals surface area contributed by atoms with Crippen LogP contribution in [0.5, 0.6) is 0 Å². The molecule has 100 valence electrons. The number of nitriles is 1. The van der Waals surface area contributed by atoms with E-state index in [2.05, 4.69) is 11.4 Å². The van der Waals surface area contributed by atoms with Crippen molar-refractivity contribution in [3.63, 3.8) is 0 Å². The van der Waals surface area contributed by atoms with Gasteiger partial charge in [0.05, 0.1) is 16.0 Å². The molecule has 1 unspecified atom stereocenters. The van der Waals surface area contributed by atoms with E-state index in [0.29, 0.717) is 18.1 Å². The summed E-state index contributed by atoms with van der Waals surface area (Å²) in [5.74, 6) is 0. The van der Waals surface area contributed by atoms with Crippen molar-refractivity contribution in [2.24, 2.45) is 0 Å². The van der Waals surface area contributed by atoms with Gasteiger partial charge in [0.15, 0.2) is 0 Å². The Bertz CT molecular complexity index is 529. The van der Waals surface area contributed by atoms with Gasteiger partial charge in [-0.1, -0.05) is 11.6 Å². The van der Waals surface area contributed by atoms with Crippen molar-refractivity contribution < 1.29 is 4.92 Å². The predicted octanol–water partition coefficient (Wildman–Crippen LogP) is 1.55. The third kappa shape index (κ3) is 3.20. The van der Waals surface area contributed by atoms with Crippen LogP contribution in [0.3, 0.4) is 0 Å². The van der Waals surface area contributed by atoms with E-state index < -0.39 is 4.92 Å². The molecule has 6 nitrogen and oxygen atoms in total. The fourth-order valence-corrected chi connectivity index (χ4v) is 2.29. The van der Waals surface area contributed by atoms with Crippen molar-refractivity contribution in [2.45, 2.75) is 12.6 Å². The van der Waals surface area contributed by atoms with Crippen LogP contribution in [-0.2, 0) is 6.54 Å². The molecule has 0 aromatic heterocycles. The van der Waals surface area contributed by atoms with E-state index in [1.807, 2.05) is 4.90 Å². The zero-order valence-electron chi connectivity index (χ0n) is 10.2. The quantitative estimate of drug-likeness (QED) is 0.671. The molecule has 0 aliphatic carbocycles. The van der Waals surface area contributed by atoms with Crippen LogP contribution in [0.4, 0.5) is 5.69 Å². The van der Waals surface area contributed by atoms with E-state index in [-0.39, 0.29) is 11.7 Å². The Balaban J connectivity index is 2.14. The zero-order chi connectivity index (χ0) is 13.8. The first kappa shape index (κ1) is 13.7. The molecule has 1 aromatic rings. The number of nitrogens with one attached hydrogen (secondary N) is 1. The molecule has 7 heteroatoms. The molecule has 0 bridgehead atoms. The van der Waals surface area contributed by atoms with Crippen LogP contribution in [0.25, 0.3) is 0 Å². The normalized spacial score (nSPS) is 19.9. The van der Waals surface area contributed by atoms with Crippen LogP contribution in [0.2, 0.25) is 5.02 Å². The maximum absolute atomic E-state index is 10.6. The van der Waals surface area contributed by atoms with Gasteiger partial charge >= 0.3 is 0 Å². The van der Waals surface area contributed by atoms with Gasteiger partial charge in [0, 0.05) is 38.3 Å². The first-order valence-corrected chi connectivity index (χ1v) is 6.27. The second kappa shape index (κ2) is 5.97. The molecule has 1 fully saturated rings. The summed E-state index contributed by atoms with van der Waals surface area (Å²) in [6, 6.07) is 6.47. The summed E-state index contributed by atoms with van der Waals surface area (Å²) in [6.45, 7) is 2.73. The summed E-state index contributed by atoms with van der Waals surface area (Å²) in [5, 5.41) is 23.2. The minimum atomic E-state index is -0.474. The predicted molar refractivity (Wildman–Crippen MR) is 70.8 cm³/mol. The third-order valence-corrected chi connectivity index (χ3v) is 3.48. The lowest BCUT2D eigenvalue weighted by atomic mass is 10.1. The summed E-state index contributed by atoms with van der Waals surface area (Å²) < 4.78 is 0. The number of nitro groups is 1. The van der Waals surface area contributed by atoms with Crippen LogP contribution in [0, 0.1) is 21.4 Å². The van der Waals surface area contributed by atoms with E-state index >= 15 is 0 Å². The Hall–Kier alpha value is -1.68. The number of nitro benzene ring substituents is 1. The molecule has 1 N–H and O–H groups in total. The second-order valence-corrected chi connectivity index (χ2v) is 4.76. The molecule has 0 amide bonds. The molecule has 1 aliphatic heterocycles. The van der Waals surface area contributed by atoms with E-state index in [1.54, 1.807) is 6.07 Å². The van der Waals surface area contributed by atoms with Crippen LogP contribution < -0.4 is 5.32 Å². The number of hydrogen-bond acceptors (Lipinski definition) is 5. The minimum absolute atomic E-state index is 0.0223. The standard InChI is InChI=1S/C12H13ClN4O2/c13-12-5-10(17(18)19)2-1-9(12)8-16-4-3-15-7-11(16)6-14/h1-2,5,11,15H,3-4,7-8H2. The van der Waals surface area contributed by atoms with Crippen molar-refractivity contribution in [3.8, 4) is 6.07 Å². The molecule has 1 aromatic carbocycles. The SMILES string of the molecule is N#CC1CNCCN1Cc1ccc([N+](=O)[O-])cc1Cl. The van der Waals surface area contributed by atoms with Crippen molar-refractivity contribution in [1.82, 2.24) is 10.2 Å². The summed E-state index contributed by atoms with van der Waals surface area (Å²) in [6.07, 6.45) is 0. The van der Waals surface area contributed by atoms with Gasteiger partial charge in [0.1, 0.15) is 6.04 Å². The largest absolute Gasteiger partial charge is 0.313 e. The van der Waals surface area contributed by atoms with Gasteiger partial charge in [-0.05, 0) is 11.6 Å². The van der Waals surface area contributed by atoms with E-state index in [0.717, 1.165) is 18.7 Å². The van der Waals surface area contributed by atoms with Gasteiger partial charge in [-0.2, -0.15) is 5.26 Å². The number of rotatable bonds is 3. The van der Waals surface area contributed by atoms with Gasteiger partial charge < -0.3 is 5.32 Å². The highest BCUT2D eigenvalue weighted by Crippen LogP contribution is 2.24. The molecule has 1 saturated heterocycles. The van der Waals surface area contributed by atoms with Gasteiger partial charge in [-0.3, -0.25) is 15.0 Å². The number of non-ortho nitro benzene ring substituents is 1. The topological polar surface area (TPSA) is 82.2 Å². The van der Waals surface area contributed by atoms with E-state index in [4.69, 9.17) is 16.9 Å². The summed E-state index contributed by atoms with van der Waals surface area (Å²) in [5.41, 5.74) is 0.778. The molecular formula is C12H13ClN4O2. The fourth-order valence-electron chi connectivity index (χ4n) is 2.06. The van der Waals surface area contributed by atoms with Crippen LogP contribution >= 0.6 is 11.6 Å². The number of piperazine rings is 1. The zero-order valence-corrected chi connectivity index (χ0v) is 10.9. The van der Waals surface area contributed by atoms with Gasteiger partial charge in [-0.25, -0.2) is 0 Å². The highest BCUT2D eigenvalue weighted by Gasteiger charge is 2.22. The van der Waals surface area contributed by atoms with Crippen molar-refractivity contribution in [1.29, 1.82) is 5.26 Å². The highest BCUT2D eigenvalue weighted by molar-refractivity contribution is 6.31. The maximum atomic E-state index is 10.6. The van der Waals surface area contributed by atoms with Crippen LogP contribution in [-0.4, -0.2) is 35.5 Å². The van der Waals surface area contributed by atoms with Crippen molar-refractivity contribution in [2.75, 3.05) is 19.6 Å². The van der Waals surface area contributed by atoms with Crippen molar-refractivity contribution in [3.05, 3.63) is 38.9 Å². The Morgan fingerprint density at radius 3 is 3.05 bits per heavy atom. The number of benzene rings is 1. The molecule has 1 heterocycles. The average Bonchev–Trinajstić information content (AvgIpc) is 2.41. The number of hydrogen-bond donors (Lipinski definition) is 1. The van der Waals surface area contributed by atoms with E-state index in [9.17, 15) is 10.1 Å². The molecule has 1 aliphatic rings. The maximum Gasteiger partial charge on any atom is 0.270 e. The molecule has 2 rings (SSSR count). The first-order valence-electron chi connectivity index (χ1n) is 5.89. The number of halogens is 1. The lowest BCUT2D eigenvalue weighted by Crippen LogP contribution is -2.50. The first-order chi connectivity index (χ1) is 9.11. The van der Waals surface area contributed by atoms with Gasteiger partial charge in [-0.15, -0.1) is 0 Å². The fraction of sp³-hybridized carbons (Fsp3) is 0.417. The Morgan fingerprint density at radius 1 is 1.63 bits per heavy atom. The molecular weight excluding hydrogens is 268 g/mol. The summed E-state index contributed by atoms with van der Waals surface area (Å²) in [7, 11) is 0. The van der Waals surface area contributed by atoms with Crippen molar-refractivity contribution >= 4 is 17.3 Å². The monoisotopic (exact) mass is 280 g/mol. The average molecular weight is 281 g/mol. The number of nitrogens with zero attached hydrogens (tertiary/aromatic N) is 3. The van der Waals surface area contributed by atoms with Gasteiger partial charge in [0.25, 0.3) is 5.69 Å². The molecule has 0 radical (unpaired) electrons. The van der Waals surface area contributed by atoms with E-state index in [1.165, 1.54) is 12.1 Å². The Morgan fingerprint density at radius 2 is 2.42 bits per heavy atom. The summed E-state index contributed by atoms with van der Waals surface area (Å²) >= 11 is 6.05. The summed E-state index contributed by atoms with van der Waals surface area (Å²) in [4.78, 5) is 12.2. The molecule has 0 saturated carbocycles. The molecule has 0 spiro atoms. The molecule has 19 heavy (non-hydrogen) atoms. The van der Waals surface area contributed by atoms with Crippen LogP contribution in [0.15, 0.2) is 18.2 Å². The Labute approximate surface area is 115 Å². The smallest absolute Gasteiger partial charge is 0.270 e. The molecule has 1 atom stereocenters. The van der Waals surface area contributed by atoms with Crippen LogP contribution in [0.1, 0.15) is 5.56 Å². The third-order valence-electron chi connectivity index (χ3n) is 3.12.